The summed E-state index contributed by atoms with van der Waals surface area (Å²) < 4.78 is 6.60. The molecule has 0 amide bonds. The molecule has 6 heteroatoms. The summed E-state index contributed by atoms with van der Waals surface area (Å²) >= 11 is 6.03. The van der Waals surface area contributed by atoms with Crippen molar-refractivity contribution in [1.29, 1.82) is 0 Å². The molecule has 1 rings (SSSR count). The number of Topliss-reactive ketones (excluding diaryl/α,β-unsaturated/α-hetero) is 1. The van der Waals surface area contributed by atoms with E-state index in [1.54, 1.807) is 11.8 Å². The lowest BCUT2D eigenvalue weighted by atomic mass is 9.99. The van der Waals surface area contributed by atoms with Crippen LogP contribution in [-0.2, 0) is 11.3 Å². The molecule has 0 aliphatic heterocycles. The molecule has 1 aromatic heterocycles. The molecule has 0 radical (unpaired) electrons. The van der Waals surface area contributed by atoms with E-state index in [-0.39, 0.29) is 5.78 Å². The Morgan fingerprint density at radius 2 is 2.32 bits per heavy atom. The van der Waals surface area contributed by atoms with Gasteiger partial charge in [0.25, 0.3) is 0 Å². The number of nitrogens with zero attached hydrogens (tertiary/aromatic N) is 2. The van der Waals surface area contributed by atoms with Gasteiger partial charge in [-0.15, -0.1) is 0 Å². The van der Waals surface area contributed by atoms with Crippen molar-refractivity contribution in [2.75, 3.05) is 20.3 Å². The highest BCUT2D eigenvalue weighted by Crippen LogP contribution is 2.19. The van der Waals surface area contributed by atoms with Crippen LogP contribution in [0.2, 0.25) is 5.02 Å². The second-order valence-electron chi connectivity index (χ2n) is 4.70. The van der Waals surface area contributed by atoms with E-state index in [9.17, 15) is 4.79 Å². The van der Waals surface area contributed by atoms with E-state index in [4.69, 9.17) is 22.1 Å². The lowest BCUT2D eigenvalue weighted by molar-refractivity contribution is 0.0960. The van der Waals surface area contributed by atoms with Crippen LogP contribution in [0.25, 0.3) is 0 Å². The van der Waals surface area contributed by atoms with Crippen LogP contribution in [0.4, 0.5) is 0 Å². The number of nitrogens with two attached hydrogens (primary N) is 1. The Morgan fingerprint density at radius 1 is 1.58 bits per heavy atom. The van der Waals surface area contributed by atoms with Crippen LogP contribution in [0.5, 0.6) is 0 Å². The Kier molecular flexibility index (Phi) is 7.05. The summed E-state index contributed by atoms with van der Waals surface area (Å²) in [6.45, 7) is 3.79. The summed E-state index contributed by atoms with van der Waals surface area (Å²) in [5.74, 6) is 0.477. The molecule has 5 nitrogen and oxygen atoms in total. The molecule has 108 valence electrons. The Hall–Kier alpha value is -0.910. The third-order valence-corrected chi connectivity index (χ3v) is 3.37. The number of carbonyl (C=O) groups is 1. The lowest BCUT2D eigenvalue weighted by Gasteiger charge is -2.10. The predicted octanol–water partition coefficient (Wildman–Crippen LogP) is 2.13. The Bertz CT molecular complexity index is 407. The fourth-order valence-corrected chi connectivity index (χ4v) is 2.16. The topological polar surface area (TPSA) is 70.1 Å². The molecule has 1 atom stereocenters. The second kappa shape index (κ2) is 8.30. The number of aromatic nitrogens is 2. The molecule has 0 aromatic carbocycles. The van der Waals surface area contributed by atoms with Gasteiger partial charge in [-0.25, -0.2) is 0 Å². The summed E-state index contributed by atoms with van der Waals surface area (Å²) in [5, 5.41) is 4.51. The second-order valence-corrected chi connectivity index (χ2v) is 5.11. The zero-order valence-corrected chi connectivity index (χ0v) is 12.3. The zero-order chi connectivity index (χ0) is 14.3. The van der Waals surface area contributed by atoms with E-state index in [1.807, 2.05) is 0 Å². The van der Waals surface area contributed by atoms with Crippen LogP contribution in [0.15, 0.2) is 6.20 Å². The standard InChI is InChI=1S/C13H22ClN3O2/c1-10(5-6-15)3-4-12(18)13-11(14)9-16-17(13)7-8-19-2/h9-10H,3-8,15H2,1-2H3. The molecule has 0 aliphatic carbocycles. The molecule has 19 heavy (non-hydrogen) atoms. The van der Waals surface area contributed by atoms with E-state index in [2.05, 4.69) is 12.0 Å². The first-order chi connectivity index (χ1) is 9.10. The van der Waals surface area contributed by atoms with Crippen molar-refractivity contribution in [2.45, 2.75) is 32.7 Å². The lowest BCUT2D eigenvalue weighted by Crippen LogP contribution is -2.15. The van der Waals surface area contributed by atoms with Gasteiger partial charge in [0.15, 0.2) is 5.78 Å². The molecule has 1 unspecified atom stereocenters. The van der Waals surface area contributed by atoms with Gasteiger partial charge < -0.3 is 10.5 Å². The van der Waals surface area contributed by atoms with Crippen molar-refractivity contribution in [2.24, 2.45) is 11.7 Å². The average molecular weight is 288 g/mol. The van der Waals surface area contributed by atoms with Gasteiger partial charge in [-0.05, 0) is 25.3 Å². The van der Waals surface area contributed by atoms with E-state index in [0.717, 1.165) is 12.8 Å². The van der Waals surface area contributed by atoms with Crippen LogP contribution < -0.4 is 5.73 Å². The predicted molar refractivity (Wildman–Crippen MR) is 75.5 cm³/mol. The molecule has 0 fully saturated rings. The molecule has 1 aromatic rings. The Morgan fingerprint density at radius 3 is 2.95 bits per heavy atom. The number of rotatable bonds is 9. The number of ketones is 1. The average Bonchev–Trinajstić information content (AvgIpc) is 2.75. The van der Waals surface area contributed by atoms with Gasteiger partial charge in [0.05, 0.1) is 24.4 Å². The summed E-state index contributed by atoms with van der Waals surface area (Å²) in [7, 11) is 1.61. The smallest absolute Gasteiger partial charge is 0.182 e. The molecule has 0 bridgehead atoms. The van der Waals surface area contributed by atoms with Crippen molar-refractivity contribution in [3.05, 3.63) is 16.9 Å². The molecule has 0 saturated heterocycles. The first-order valence-electron chi connectivity index (χ1n) is 6.53. The van der Waals surface area contributed by atoms with Gasteiger partial charge in [0.2, 0.25) is 0 Å². The first-order valence-corrected chi connectivity index (χ1v) is 6.91. The van der Waals surface area contributed by atoms with Gasteiger partial charge in [-0.1, -0.05) is 18.5 Å². The maximum Gasteiger partial charge on any atom is 0.182 e. The highest BCUT2D eigenvalue weighted by atomic mass is 35.5. The largest absolute Gasteiger partial charge is 0.383 e. The van der Waals surface area contributed by atoms with E-state index in [1.165, 1.54) is 6.20 Å². The maximum atomic E-state index is 12.2. The Labute approximate surface area is 119 Å². The minimum Gasteiger partial charge on any atom is -0.383 e. The minimum absolute atomic E-state index is 0.0301. The molecule has 0 spiro atoms. The van der Waals surface area contributed by atoms with Crippen LogP contribution >= 0.6 is 11.6 Å². The van der Waals surface area contributed by atoms with Crippen molar-refractivity contribution in [3.63, 3.8) is 0 Å². The van der Waals surface area contributed by atoms with Crippen molar-refractivity contribution >= 4 is 17.4 Å². The van der Waals surface area contributed by atoms with Gasteiger partial charge >= 0.3 is 0 Å². The molecular formula is C13H22ClN3O2. The number of hydrogen-bond donors (Lipinski definition) is 1. The molecule has 0 aliphatic rings. The van der Waals surface area contributed by atoms with E-state index < -0.39 is 0 Å². The van der Waals surface area contributed by atoms with Crippen molar-refractivity contribution in [3.8, 4) is 0 Å². The third-order valence-electron chi connectivity index (χ3n) is 3.09. The van der Waals surface area contributed by atoms with Crippen LogP contribution in [0.3, 0.4) is 0 Å². The molecular weight excluding hydrogens is 266 g/mol. The fraction of sp³-hybridized carbons (Fsp3) is 0.692. The van der Waals surface area contributed by atoms with Crippen LogP contribution in [-0.4, -0.2) is 35.8 Å². The molecule has 1 heterocycles. The van der Waals surface area contributed by atoms with Crippen LogP contribution in [0.1, 0.15) is 36.7 Å². The number of methoxy groups -OCH3 is 1. The van der Waals surface area contributed by atoms with Crippen molar-refractivity contribution < 1.29 is 9.53 Å². The normalized spacial score (nSPS) is 12.6. The molecule has 0 saturated carbocycles. The number of carbonyl (C=O) groups excluding carboxylic acids is 1. The van der Waals surface area contributed by atoms with Gasteiger partial charge in [0, 0.05) is 13.5 Å². The highest BCUT2D eigenvalue weighted by Gasteiger charge is 2.17. The quantitative estimate of drug-likeness (QED) is 0.706. The minimum atomic E-state index is 0.0301. The van der Waals surface area contributed by atoms with E-state index in [0.29, 0.717) is 42.8 Å². The third kappa shape index (κ3) is 4.93. The number of ether oxygens (including phenoxy) is 1. The van der Waals surface area contributed by atoms with Crippen molar-refractivity contribution in [1.82, 2.24) is 9.78 Å². The van der Waals surface area contributed by atoms with Gasteiger partial charge in [-0.2, -0.15) is 5.10 Å². The van der Waals surface area contributed by atoms with Gasteiger partial charge in [-0.3, -0.25) is 9.48 Å². The fourth-order valence-electron chi connectivity index (χ4n) is 1.91. The summed E-state index contributed by atoms with van der Waals surface area (Å²) in [6, 6.07) is 0. The summed E-state index contributed by atoms with van der Waals surface area (Å²) in [5.41, 5.74) is 5.98. The van der Waals surface area contributed by atoms with E-state index >= 15 is 0 Å². The summed E-state index contributed by atoms with van der Waals surface area (Å²) in [6.07, 6.45) is 3.74. The van der Waals surface area contributed by atoms with Crippen LogP contribution in [0, 0.1) is 5.92 Å². The molecule has 2 N–H and O–H groups in total. The first kappa shape index (κ1) is 16.1. The van der Waals surface area contributed by atoms with Gasteiger partial charge in [0.1, 0.15) is 5.69 Å². The summed E-state index contributed by atoms with van der Waals surface area (Å²) in [4.78, 5) is 12.2. The Balaban J connectivity index is 2.62. The number of halogens is 1. The zero-order valence-electron chi connectivity index (χ0n) is 11.6. The highest BCUT2D eigenvalue weighted by molar-refractivity contribution is 6.33. The number of hydrogen-bond acceptors (Lipinski definition) is 4. The monoisotopic (exact) mass is 287 g/mol. The maximum absolute atomic E-state index is 12.2. The SMILES string of the molecule is COCCn1ncc(Cl)c1C(=O)CCC(C)CCN.